The second-order valence-electron chi connectivity index (χ2n) is 7.24. The number of para-hydroxylation sites is 1. The Hall–Kier alpha value is -3.07. The molecule has 0 aliphatic rings. The van der Waals surface area contributed by atoms with Gasteiger partial charge in [0.2, 0.25) is 5.91 Å². The summed E-state index contributed by atoms with van der Waals surface area (Å²) >= 11 is 0. The lowest BCUT2D eigenvalue weighted by molar-refractivity contribution is -0.121. The van der Waals surface area contributed by atoms with E-state index in [0.717, 1.165) is 28.0 Å². The molecule has 3 heteroatoms. The molecule has 0 saturated carbocycles. The van der Waals surface area contributed by atoms with Gasteiger partial charge in [0, 0.05) is 0 Å². The molecule has 0 bridgehead atoms. The normalized spacial score (nSPS) is 11.7. The maximum absolute atomic E-state index is 12.4. The highest BCUT2D eigenvalue weighted by molar-refractivity contribution is 5.79. The third-order valence-electron chi connectivity index (χ3n) is 4.72. The fourth-order valence-electron chi connectivity index (χ4n) is 3.23. The highest BCUT2D eigenvalue weighted by atomic mass is 16.5. The number of rotatable bonds is 7. The first-order valence-electron chi connectivity index (χ1n) is 9.65. The maximum atomic E-state index is 12.4. The van der Waals surface area contributed by atoms with Crippen LogP contribution in [0.15, 0.2) is 72.8 Å². The summed E-state index contributed by atoms with van der Waals surface area (Å²) in [6.07, 6.45) is 0.364. The van der Waals surface area contributed by atoms with E-state index in [1.165, 1.54) is 5.56 Å². The summed E-state index contributed by atoms with van der Waals surface area (Å²) in [5.74, 6) is 0.908. The molecule has 0 aliphatic carbocycles. The van der Waals surface area contributed by atoms with Crippen LogP contribution in [0.25, 0.3) is 11.1 Å². The first kappa shape index (κ1) is 19.7. The number of ether oxygens (including phenoxy) is 1. The van der Waals surface area contributed by atoms with Crippen molar-refractivity contribution in [2.45, 2.75) is 33.2 Å². The van der Waals surface area contributed by atoms with Gasteiger partial charge in [0.05, 0.1) is 12.5 Å². The third-order valence-corrected chi connectivity index (χ3v) is 4.72. The van der Waals surface area contributed by atoms with Crippen LogP contribution in [0.5, 0.6) is 5.75 Å². The minimum Gasteiger partial charge on any atom is -0.491 e. The molecule has 0 heterocycles. The lowest BCUT2D eigenvalue weighted by Crippen LogP contribution is -2.37. The maximum Gasteiger partial charge on any atom is 0.224 e. The molecule has 3 rings (SSSR count). The predicted molar refractivity (Wildman–Crippen MR) is 115 cm³/mol. The lowest BCUT2D eigenvalue weighted by Gasteiger charge is -2.17. The van der Waals surface area contributed by atoms with Gasteiger partial charge in [-0.15, -0.1) is 0 Å². The molecule has 1 amide bonds. The third kappa shape index (κ3) is 5.23. The topological polar surface area (TPSA) is 38.3 Å². The first-order chi connectivity index (χ1) is 13.5. The van der Waals surface area contributed by atoms with Gasteiger partial charge in [0.15, 0.2) is 0 Å². The fourth-order valence-corrected chi connectivity index (χ4v) is 3.23. The van der Waals surface area contributed by atoms with Crippen LogP contribution in [0.2, 0.25) is 0 Å². The molecule has 1 unspecified atom stereocenters. The van der Waals surface area contributed by atoms with E-state index in [2.05, 4.69) is 29.6 Å². The van der Waals surface area contributed by atoms with Gasteiger partial charge < -0.3 is 10.1 Å². The Morgan fingerprint density at radius 1 is 0.857 bits per heavy atom. The zero-order chi connectivity index (χ0) is 19.9. The van der Waals surface area contributed by atoms with Crippen molar-refractivity contribution in [2.75, 3.05) is 6.61 Å². The van der Waals surface area contributed by atoms with Crippen LogP contribution in [0.3, 0.4) is 0 Å². The fraction of sp³-hybridized carbons (Fsp3) is 0.240. The molecular formula is C25H27NO2. The Kier molecular flexibility index (Phi) is 6.49. The Morgan fingerprint density at radius 2 is 1.46 bits per heavy atom. The van der Waals surface area contributed by atoms with Gasteiger partial charge in [-0.1, -0.05) is 72.8 Å². The summed E-state index contributed by atoms with van der Waals surface area (Å²) in [6, 6.07) is 24.4. The quantitative estimate of drug-likeness (QED) is 0.626. The van der Waals surface area contributed by atoms with Gasteiger partial charge in [-0.05, 0) is 48.6 Å². The summed E-state index contributed by atoms with van der Waals surface area (Å²) < 4.78 is 5.93. The Bertz CT molecular complexity index is 897. The minimum absolute atomic E-state index is 0.00469. The number of hydrogen-bond acceptors (Lipinski definition) is 2. The van der Waals surface area contributed by atoms with Crippen LogP contribution < -0.4 is 10.1 Å². The Balaban J connectivity index is 1.51. The van der Waals surface area contributed by atoms with Crippen molar-refractivity contribution < 1.29 is 9.53 Å². The average molecular weight is 373 g/mol. The van der Waals surface area contributed by atoms with E-state index in [-0.39, 0.29) is 11.9 Å². The summed E-state index contributed by atoms with van der Waals surface area (Å²) in [5.41, 5.74) is 5.55. The molecule has 0 aliphatic heterocycles. The molecule has 0 radical (unpaired) electrons. The van der Waals surface area contributed by atoms with E-state index in [4.69, 9.17) is 4.74 Å². The average Bonchev–Trinajstić information content (AvgIpc) is 2.69. The number of carbonyl (C=O) groups excluding carboxylic acids is 1. The van der Waals surface area contributed by atoms with E-state index in [1.54, 1.807) is 0 Å². The van der Waals surface area contributed by atoms with E-state index < -0.39 is 0 Å². The van der Waals surface area contributed by atoms with Crippen molar-refractivity contribution in [2.24, 2.45) is 0 Å². The lowest BCUT2D eigenvalue weighted by atomic mass is 10.0. The number of aryl methyl sites for hydroxylation is 2. The molecule has 1 atom stereocenters. The van der Waals surface area contributed by atoms with Crippen LogP contribution in [0.4, 0.5) is 0 Å². The highest BCUT2D eigenvalue weighted by Crippen LogP contribution is 2.22. The van der Waals surface area contributed by atoms with Crippen LogP contribution in [-0.2, 0) is 11.2 Å². The van der Waals surface area contributed by atoms with Gasteiger partial charge in [-0.25, -0.2) is 0 Å². The van der Waals surface area contributed by atoms with Crippen LogP contribution in [0, 0.1) is 13.8 Å². The Labute approximate surface area is 167 Å². The predicted octanol–water partition coefficient (Wildman–Crippen LogP) is 5.10. The summed E-state index contributed by atoms with van der Waals surface area (Å²) in [7, 11) is 0. The van der Waals surface area contributed by atoms with Gasteiger partial charge in [-0.2, -0.15) is 0 Å². The Morgan fingerprint density at radius 3 is 2.11 bits per heavy atom. The van der Waals surface area contributed by atoms with Crippen molar-refractivity contribution in [3.8, 4) is 16.9 Å². The van der Waals surface area contributed by atoms with E-state index in [0.29, 0.717) is 13.0 Å². The molecule has 0 saturated heterocycles. The molecule has 3 nitrogen and oxygen atoms in total. The van der Waals surface area contributed by atoms with Crippen molar-refractivity contribution in [1.82, 2.24) is 5.32 Å². The largest absolute Gasteiger partial charge is 0.491 e. The van der Waals surface area contributed by atoms with Crippen LogP contribution >= 0.6 is 0 Å². The van der Waals surface area contributed by atoms with Crippen molar-refractivity contribution in [3.05, 3.63) is 89.5 Å². The molecule has 1 N–H and O–H groups in total. The zero-order valence-corrected chi connectivity index (χ0v) is 16.7. The highest BCUT2D eigenvalue weighted by Gasteiger charge is 2.11. The molecular weight excluding hydrogens is 346 g/mol. The number of amides is 1. The van der Waals surface area contributed by atoms with Crippen molar-refractivity contribution in [3.63, 3.8) is 0 Å². The second-order valence-corrected chi connectivity index (χ2v) is 7.24. The van der Waals surface area contributed by atoms with Crippen LogP contribution in [0.1, 0.15) is 23.6 Å². The molecule has 28 heavy (non-hydrogen) atoms. The summed E-state index contributed by atoms with van der Waals surface area (Å²) in [6.45, 7) is 6.48. The monoisotopic (exact) mass is 373 g/mol. The molecule has 0 aromatic heterocycles. The van der Waals surface area contributed by atoms with E-state index in [9.17, 15) is 4.79 Å². The second kappa shape index (κ2) is 9.23. The number of carbonyl (C=O) groups is 1. The van der Waals surface area contributed by atoms with Gasteiger partial charge >= 0.3 is 0 Å². The summed E-state index contributed by atoms with van der Waals surface area (Å²) in [4.78, 5) is 12.4. The number of benzene rings is 3. The summed E-state index contributed by atoms with van der Waals surface area (Å²) in [5, 5.41) is 3.02. The van der Waals surface area contributed by atoms with Gasteiger partial charge in [0.25, 0.3) is 0 Å². The van der Waals surface area contributed by atoms with Crippen LogP contribution in [-0.4, -0.2) is 18.6 Å². The molecule has 3 aromatic carbocycles. The van der Waals surface area contributed by atoms with E-state index >= 15 is 0 Å². The molecule has 144 valence electrons. The number of hydrogen-bond donors (Lipinski definition) is 1. The number of nitrogens with one attached hydrogen (secondary N) is 1. The molecule has 0 spiro atoms. The van der Waals surface area contributed by atoms with Gasteiger partial charge in [0.1, 0.15) is 12.4 Å². The minimum atomic E-state index is -0.0601. The van der Waals surface area contributed by atoms with Crippen molar-refractivity contribution in [1.29, 1.82) is 0 Å². The van der Waals surface area contributed by atoms with Gasteiger partial charge in [-0.3, -0.25) is 4.79 Å². The molecule has 0 fully saturated rings. The standard InChI is InChI=1S/C25H27NO2/c1-18-8-7-9-19(2)25(18)28-17-20(3)26-24(27)16-21-12-14-23(15-13-21)22-10-5-4-6-11-22/h4-15,20H,16-17H2,1-3H3,(H,26,27). The SMILES string of the molecule is Cc1cccc(C)c1OCC(C)NC(=O)Cc1ccc(-c2ccccc2)cc1. The van der Waals surface area contributed by atoms with E-state index in [1.807, 2.05) is 69.3 Å². The smallest absolute Gasteiger partial charge is 0.224 e. The molecule has 3 aromatic rings. The first-order valence-corrected chi connectivity index (χ1v) is 9.65. The van der Waals surface area contributed by atoms with Crippen molar-refractivity contribution >= 4 is 5.91 Å². The zero-order valence-electron chi connectivity index (χ0n) is 16.7.